The normalized spacial score (nSPS) is 13.5. The Bertz CT molecular complexity index is 901. The van der Waals surface area contributed by atoms with Gasteiger partial charge in [-0.05, 0) is 37.5 Å². The van der Waals surface area contributed by atoms with E-state index in [9.17, 15) is 9.59 Å². The van der Waals surface area contributed by atoms with Crippen LogP contribution in [0.3, 0.4) is 0 Å². The van der Waals surface area contributed by atoms with Crippen molar-refractivity contribution in [1.29, 1.82) is 0 Å². The predicted molar refractivity (Wildman–Crippen MR) is 93.9 cm³/mol. The van der Waals surface area contributed by atoms with Gasteiger partial charge in [0.25, 0.3) is 11.5 Å². The second kappa shape index (κ2) is 6.12. The first-order valence-electron chi connectivity index (χ1n) is 8.37. The van der Waals surface area contributed by atoms with E-state index in [1.165, 1.54) is 0 Å². The first-order valence-corrected chi connectivity index (χ1v) is 8.37. The summed E-state index contributed by atoms with van der Waals surface area (Å²) in [6.07, 6.45) is 8.66. The predicted octanol–water partition coefficient (Wildman–Crippen LogP) is 2.26. The Balaban J connectivity index is 2.00. The number of hydrogen-bond donors (Lipinski definition) is 1. The summed E-state index contributed by atoms with van der Waals surface area (Å²) in [5.41, 5.74) is 0.371. The molecule has 1 aliphatic rings. The summed E-state index contributed by atoms with van der Waals surface area (Å²) in [7, 11) is 0. The van der Waals surface area contributed by atoms with Crippen LogP contribution in [0.4, 0.5) is 0 Å². The standard InChI is InChI=1S/C19H21N3O2/c1-4-19(5-2,6-3)21-17(23)13-9-10-14-15(12-13)20-16-8-7-11-22(16)18(14)24/h1,9-10,12H,5-8,11H2,2-3H3,(H,21,23). The SMILES string of the molecule is C#CC(CC)(CC)NC(=O)c1ccc2c(=O)n3c(nc2c1)CCC3. The van der Waals surface area contributed by atoms with Crippen LogP contribution < -0.4 is 10.9 Å². The molecule has 0 unspecified atom stereocenters. The molecule has 5 nitrogen and oxygen atoms in total. The molecule has 1 aliphatic heterocycles. The van der Waals surface area contributed by atoms with Crippen molar-refractivity contribution in [1.82, 2.24) is 14.9 Å². The summed E-state index contributed by atoms with van der Waals surface area (Å²) < 4.78 is 1.72. The molecule has 24 heavy (non-hydrogen) atoms. The molecule has 0 bridgehead atoms. The van der Waals surface area contributed by atoms with Crippen LogP contribution in [0.2, 0.25) is 0 Å². The highest BCUT2D eigenvalue weighted by atomic mass is 16.2. The number of amides is 1. The summed E-state index contributed by atoms with van der Waals surface area (Å²) in [6.45, 7) is 4.63. The highest BCUT2D eigenvalue weighted by Crippen LogP contribution is 2.18. The molecule has 2 aromatic rings. The zero-order valence-electron chi connectivity index (χ0n) is 14.1. The molecule has 3 rings (SSSR count). The lowest BCUT2D eigenvalue weighted by Gasteiger charge is -2.27. The third-order valence-corrected chi connectivity index (χ3v) is 4.91. The van der Waals surface area contributed by atoms with Gasteiger partial charge in [0.1, 0.15) is 11.4 Å². The van der Waals surface area contributed by atoms with Gasteiger partial charge in [0.15, 0.2) is 0 Å². The Labute approximate surface area is 141 Å². The number of nitrogens with one attached hydrogen (secondary N) is 1. The van der Waals surface area contributed by atoms with Gasteiger partial charge in [-0.1, -0.05) is 19.8 Å². The van der Waals surface area contributed by atoms with Gasteiger partial charge in [-0.25, -0.2) is 4.98 Å². The molecule has 2 heterocycles. The molecular weight excluding hydrogens is 302 g/mol. The molecule has 0 aliphatic carbocycles. The third kappa shape index (κ3) is 2.58. The van der Waals surface area contributed by atoms with Crippen LogP contribution in [0.15, 0.2) is 23.0 Å². The first kappa shape index (κ1) is 16.3. The molecule has 0 radical (unpaired) electrons. The van der Waals surface area contributed by atoms with Crippen LogP contribution in [0.25, 0.3) is 10.9 Å². The van der Waals surface area contributed by atoms with Gasteiger partial charge < -0.3 is 5.32 Å². The van der Waals surface area contributed by atoms with Crippen molar-refractivity contribution in [2.45, 2.75) is 51.6 Å². The Morgan fingerprint density at radius 1 is 1.42 bits per heavy atom. The minimum Gasteiger partial charge on any atom is -0.336 e. The van der Waals surface area contributed by atoms with Crippen molar-refractivity contribution in [2.24, 2.45) is 0 Å². The van der Waals surface area contributed by atoms with E-state index in [1.807, 2.05) is 13.8 Å². The first-order chi connectivity index (χ1) is 11.5. The van der Waals surface area contributed by atoms with Gasteiger partial charge >= 0.3 is 0 Å². The van der Waals surface area contributed by atoms with Crippen LogP contribution >= 0.6 is 0 Å². The smallest absolute Gasteiger partial charge is 0.261 e. The van der Waals surface area contributed by atoms with Gasteiger partial charge in [0, 0.05) is 18.5 Å². The number of fused-ring (bicyclic) bond motifs is 2. The van der Waals surface area contributed by atoms with E-state index >= 15 is 0 Å². The summed E-state index contributed by atoms with van der Waals surface area (Å²) in [4.78, 5) is 29.6. The Kier molecular flexibility index (Phi) is 4.15. The molecule has 1 aromatic carbocycles. The Hall–Kier alpha value is -2.61. The maximum Gasteiger partial charge on any atom is 0.261 e. The summed E-state index contributed by atoms with van der Waals surface area (Å²) in [6, 6.07) is 5.02. The van der Waals surface area contributed by atoms with E-state index in [0.29, 0.717) is 29.3 Å². The Morgan fingerprint density at radius 2 is 2.17 bits per heavy atom. The van der Waals surface area contributed by atoms with E-state index in [1.54, 1.807) is 22.8 Å². The summed E-state index contributed by atoms with van der Waals surface area (Å²) >= 11 is 0. The number of benzene rings is 1. The largest absolute Gasteiger partial charge is 0.336 e. The number of terminal acetylenes is 1. The second-order valence-electron chi connectivity index (χ2n) is 6.21. The molecule has 0 spiro atoms. The fraction of sp³-hybridized carbons (Fsp3) is 0.421. The maximum absolute atomic E-state index is 12.6. The topological polar surface area (TPSA) is 64.0 Å². The fourth-order valence-electron chi connectivity index (χ4n) is 3.18. The number of hydrogen-bond acceptors (Lipinski definition) is 3. The van der Waals surface area contributed by atoms with Crippen molar-refractivity contribution >= 4 is 16.8 Å². The molecule has 124 valence electrons. The van der Waals surface area contributed by atoms with Crippen LogP contribution in [-0.2, 0) is 13.0 Å². The van der Waals surface area contributed by atoms with Gasteiger partial charge in [-0.15, -0.1) is 6.42 Å². The minimum atomic E-state index is -0.642. The van der Waals surface area contributed by atoms with E-state index in [-0.39, 0.29) is 11.5 Å². The van der Waals surface area contributed by atoms with E-state index < -0.39 is 5.54 Å². The van der Waals surface area contributed by atoms with Crippen LogP contribution in [-0.4, -0.2) is 21.0 Å². The number of aromatic nitrogens is 2. The molecule has 0 saturated heterocycles. The number of carbonyl (C=O) groups excluding carboxylic acids is 1. The third-order valence-electron chi connectivity index (χ3n) is 4.91. The minimum absolute atomic E-state index is 0.0282. The average Bonchev–Trinajstić information content (AvgIpc) is 3.08. The average molecular weight is 323 g/mol. The van der Waals surface area contributed by atoms with Crippen molar-refractivity contribution in [3.8, 4) is 12.3 Å². The highest BCUT2D eigenvalue weighted by molar-refractivity contribution is 5.98. The molecule has 0 fully saturated rings. The van der Waals surface area contributed by atoms with Crippen LogP contribution in [0.5, 0.6) is 0 Å². The van der Waals surface area contributed by atoms with Crippen LogP contribution in [0, 0.1) is 12.3 Å². The summed E-state index contributed by atoms with van der Waals surface area (Å²) in [5, 5.41) is 3.49. The zero-order chi connectivity index (χ0) is 17.3. The fourth-order valence-corrected chi connectivity index (χ4v) is 3.18. The van der Waals surface area contributed by atoms with Crippen molar-refractivity contribution in [2.75, 3.05) is 0 Å². The molecule has 1 amide bonds. The monoisotopic (exact) mass is 323 g/mol. The quantitative estimate of drug-likeness (QED) is 0.878. The van der Waals surface area contributed by atoms with Gasteiger partial charge in [-0.2, -0.15) is 0 Å². The lowest BCUT2D eigenvalue weighted by atomic mass is 9.93. The second-order valence-corrected chi connectivity index (χ2v) is 6.21. The van der Waals surface area contributed by atoms with Gasteiger partial charge in [0.05, 0.1) is 10.9 Å². The zero-order valence-corrected chi connectivity index (χ0v) is 14.1. The molecule has 0 atom stereocenters. The van der Waals surface area contributed by atoms with Crippen molar-refractivity contribution < 1.29 is 4.79 Å². The summed E-state index contributed by atoms with van der Waals surface area (Å²) in [5.74, 6) is 3.26. The lowest BCUT2D eigenvalue weighted by molar-refractivity contribution is 0.0916. The van der Waals surface area contributed by atoms with E-state index in [0.717, 1.165) is 25.2 Å². The van der Waals surface area contributed by atoms with Gasteiger partial charge in [-0.3, -0.25) is 14.2 Å². The number of aryl methyl sites for hydroxylation is 1. The van der Waals surface area contributed by atoms with Crippen molar-refractivity contribution in [3.05, 3.63) is 39.9 Å². The van der Waals surface area contributed by atoms with E-state index in [2.05, 4.69) is 16.2 Å². The van der Waals surface area contributed by atoms with Gasteiger partial charge in [0.2, 0.25) is 0 Å². The molecule has 1 aromatic heterocycles. The maximum atomic E-state index is 12.6. The number of nitrogens with zero attached hydrogens (tertiary/aromatic N) is 2. The van der Waals surface area contributed by atoms with Crippen LogP contribution in [0.1, 0.15) is 49.3 Å². The number of carbonyl (C=O) groups is 1. The molecule has 1 N–H and O–H groups in total. The molecular formula is C19H21N3O2. The molecule has 0 saturated carbocycles. The number of rotatable bonds is 4. The lowest BCUT2D eigenvalue weighted by Crippen LogP contribution is -2.46. The highest BCUT2D eigenvalue weighted by Gasteiger charge is 2.26. The van der Waals surface area contributed by atoms with Crippen molar-refractivity contribution in [3.63, 3.8) is 0 Å². The van der Waals surface area contributed by atoms with E-state index in [4.69, 9.17) is 6.42 Å². The Morgan fingerprint density at radius 3 is 2.83 bits per heavy atom. The molecule has 5 heteroatoms.